The van der Waals surface area contributed by atoms with E-state index in [2.05, 4.69) is 184 Å². The molecule has 0 aliphatic carbocycles. The Morgan fingerprint density at radius 2 is 0.707 bits per heavy atom. The number of pyridine rings is 2. The average molecular weight is 989 g/mol. The second-order valence-corrected chi connectivity index (χ2v) is 19.9. The molecule has 0 amide bonds. The standard InChI is InChI=1S/2C21H19N3O.C20H18N4O/c1-13-10-11-16-15-7-4-5-9-18(15)25-20(16)19(13)24-14(2)23(3)21-17(24)8-6-12-22-21;1-13-10-11-16-15-7-4-5-9-18(15)25-20(16)19(13)24-14(2)23(3)17-8-6-12-22-21(17)24;1-12-8-9-15-14-6-4-5-7-16(14)25-18(15)17(12)24-13(2)23(3)19-20(24)22-11-10-21-19/h2*4-12,14H,1-3H3;4-11,13H,1-3H3. The minimum atomic E-state index is 0.106. The van der Waals surface area contributed by atoms with Gasteiger partial charge in [0.05, 0.1) is 28.4 Å². The van der Waals surface area contributed by atoms with Gasteiger partial charge in [-0.1, -0.05) is 91.0 Å². The first kappa shape index (κ1) is 45.7. The number of hydrogen-bond acceptors (Lipinski definition) is 13. The lowest BCUT2D eigenvalue weighted by Gasteiger charge is -2.28. The third-order valence-electron chi connectivity index (χ3n) is 15.6. The van der Waals surface area contributed by atoms with Crippen LogP contribution in [-0.4, -0.2) is 59.6 Å². The lowest BCUT2D eigenvalue weighted by atomic mass is 10.1. The van der Waals surface area contributed by atoms with Crippen molar-refractivity contribution in [2.24, 2.45) is 0 Å². The van der Waals surface area contributed by atoms with E-state index >= 15 is 0 Å². The van der Waals surface area contributed by atoms with Crippen LogP contribution < -0.4 is 29.4 Å². The quantitative estimate of drug-likeness (QED) is 0.168. The predicted octanol–water partition coefficient (Wildman–Crippen LogP) is 15.1. The molecule has 0 fully saturated rings. The molecule has 13 nitrogen and oxygen atoms in total. The Balaban J connectivity index is 0.000000108. The fourth-order valence-electron chi connectivity index (χ4n) is 11.5. The van der Waals surface area contributed by atoms with Gasteiger partial charge in [-0.15, -0.1) is 0 Å². The number of aryl methyl sites for hydroxylation is 3. The molecule has 6 aromatic carbocycles. The van der Waals surface area contributed by atoms with Crippen LogP contribution in [-0.2, 0) is 0 Å². The molecule has 0 saturated heterocycles. The van der Waals surface area contributed by atoms with Crippen LogP contribution in [0.25, 0.3) is 65.8 Å². The van der Waals surface area contributed by atoms with Crippen molar-refractivity contribution >= 4 is 118 Å². The van der Waals surface area contributed by atoms with E-state index in [4.69, 9.17) is 13.3 Å². The smallest absolute Gasteiger partial charge is 0.178 e. The number of rotatable bonds is 3. The van der Waals surface area contributed by atoms with Gasteiger partial charge in [-0.2, -0.15) is 0 Å². The molecule has 15 rings (SSSR count). The van der Waals surface area contributed by atoms with Gasteiger partial charge in [0.25, 0.3) is 0 Å². The number of para-hydroxylation sites is 3. The van der Waals surface area contributed by atoms with Crippen molar-refractivity contribution in [2.45, 2.75) is 60.0 Å². The minimum absolute atomic E-state index is 0.106. The van der Waals surface area contributed by atoms with Crippen molar-refractivity contribution in [2.75, 3.05) is 50.5 Å². The van der Waals surface area contributed by atoms with Crippen molar-refractivity contribution in [1.29, 1.82) is 0 Å². The van der Waals surface area contributed by atoms with Crippen molar-refractivity contribution in [1.82, 2.24) is 19.9 Å². The molecule has 12 aromatic rings. The highest BCUT2D eigenvalue weighted by atomic mass is 16.3. The van der Waals surface area contributed by atoms with Crippen LogP contribution in [0.4, 0.5) is 51.7 Å². The molecule has 0 saturated carbocycles. The van der Waals surface area contributed by atoms with E-state index in [1.54, 1.807) is 12.4 Å². The van der Waals surface area contributed by atoms with E-state index in [1.165, 1.54) is 11.1 Å². The second-order valence-electron chi connectivity index (χ2n) is 19.9. The molecular weight excluding hydrogens is 933 g/mol. The normalized spacial score (nSPS) is 16.8. The topological polar surface area (TPSA) is 110 Å². The number of nitrogens with zero attached hydrogens (tertiary/aromatic N) is 10. The summed E-state index contributed by atoms with van der Waals surface area (Å²) < 4.78 is 18.8. The Kier molecular flexibility index (Phi) is 10.7. The van der Waals surface area contributed by atoms with E-state index in [1.807, 2.05) is 74.0 Å². The zero-order valence-corrected chi connectivity index (χ0v) is 43.4. The minimum Gasteiger partial charge on any atom is -0.454 e. The second kappa shape index (κ2) is 17.5. The first-order valence-electron chi connectivity index (χ1n) is 25.5. The third kappa shape index (κ3) is 6.97. The molecule has 0 spiro atoms. The van der Waals surface area contributed by atoms with Gasteiger partial charge < -0.3 is 37.8 Å². The Morgan fingerprint density at radius 3 is 1.21 bits per heavy atom. The third-order valence-corrected chi connectivity index (χ3v) is 15.6. The van der Waals surface area contributed by atoms with Gasteiger partial charge >= 0.3 is 0 Å². The van der Waals surface area contributed by atoms with E-state index < -0.39 is 0 Å². The number of fused-ring (bicyclic) bond motifs is 12. The van der Waals surface area contributed by atoms with Gasteiger partial charge in [0.1, 0.15) is 35.2 Å². The van der Waals surface area contributed by atoms with Gasteiger partial charge in [0, 0.05) is 78.2 Å². The molecule has 3 aliphatic heterocycles. The van der Waals surface area contributed by atoms with E-state index in [-0.39, 0.29) is 18.5 Å². The molecule has 75 heavy (non-hydrogen) atoms. The predicted molar refractivity (Wildman–Crippen MR) is 306 cm³/mol. The molecule has 6 aromatic heterocycles. The largest absolute Gasteiger partial charge is 0.454 e. The van der Waals surface area contributed by atoms with Crippen molar-refractivity contribution in [3.05, 3.63) is 175 Å². The summed E-state index contributed by atoms with van der Waals surface area (Å²) in [7, 11) is 6.25. The van der Waals surface area contributed by atoms with Crippen LogP contribution in [0.2, 0.25) is 0 Å². The van der Waals surface area contributed by atoms with Gasteiger partial charge in [0.15, 0.2) is 40.0 Å². The van der Waals surface area contributed by atoms with E-state index in [0.29, 0.717) is 0 Å². The summed E-state index contributed by atoms with van der Waals surface area (Å²) in [5.74, 6) is 3.74. The van der Waals surface area contributed by atoms with Crippen molar-refractivity contribution in [3.63, 3.8) is 0 Å². The van der Waals surface area contributed by atoms with Crippen LogP contribution in [0.15, 0.2) is 171 Å². The summed E-state index contributed by atoms with van der Waals surface area (Å²) in [6.07, 6.45) is 7.62. The summed E-state index contributed by atoms with van der Waals surface area (Å²) in [4.78, 5) is 31.8. The summed E-state index contributed by atoms with van der Waals surface area (Å²) >= 11 is 0. The molecule has 0 radical (unpaired) electrons. The molecule has 9 heterocycles. The fourth-order valence-corrected chi connectivity index (χ4v) is 11.5. The SMILES string of the molecule is Cc1ccc2c(oc3ccccc32)c1N1c2cccnc2N(C)C1C.Cc1ccc2c(oc3ccccc32)c1N1c2ncccc2N(C)C1C.Cc1ccc2c(oc3ccccc32)c1N1c2nccnc2N(C)C1C. The number of anilines is 9. The molecule has 372 valence electrons. The molecule has 3 unspecified atom stereocenters. The Bertz CT molecular complexity index is 3770. The van der Waals surface area contributed by atoms with Gasteiger partial charge in [0.2, 0.25) is 0 Å². The fraction of sp³-hybridized carbons (Fsp3) is 0.194. The van der Waals surface area contributed by atoms with Crippen LogP contribution in [0.3, 0.4) is 0 Å². The maximum Gasteiger partial charge on any atom is 0.178 e. The summed E-state index contributed by atoms with van der Waals surface area (Å²) in [6.45, 7) is 12.9. The lowest BCUT2D eigenvalue weighted by Crippen LogP contribution is -2.36. The van der Waals surface area contributed by atoms with Crippen LogP contribution in [0.5, 0.6) is 0 Å². The molecule has 3 atom stereocenters. The maximum absolute atomic E-state index is 6.29. The van der Waals surface area contributed by atoms with Crippen LogP contribution in [0, 0.1) is 20.8 Å². The zero-order valence-electron chi connectivity index (χ0n) is 43.4. The van der Waals surface area contributed by atoms with E-state index in [0.717, 1.165) is 123 Å². The highest BCUT2D eigenvalue weighted by Crippen LogP contribution is 2.50. The Morgan fingerprint density at radius 1 is 0.333 bits per heavy atom. The number of furan rings is 3. The molecule has 13 heteroatoms. The van der Waals surface area contributed by atoms with Crippen molar-refractivity contribution < 1.29 is 13.3 Å². The van der Waals surface area contributed by atoms with Gasteiger partial charge in [-0.3, -0.25) is 4.90 Å². The summed E-state index contributed by atoms with van der Waals surface area (Å²) in [5.41, 5.74) is 14.6. The zero-order chi connectivity index (χ0) is 51.4. The monoisotopic (exact) mass is 988 g/mol. The Hall–Kier alpha value is -9.10. The number of hydrogen-bond donors (Lipinski definition) is 0. The lowest BCUT2D eigenvalue weighted by molar-refractivity contribution is 0.660. The summed E-state index contributed by atoms with van der Waals surface area (Å²) in [6, 6.07) is 45.8. The highest BCUT2D eigenvalue weighted by molar-refractivity contribution is 6.13. The first-order chi connectivity index (χ1) is 36.5. The number of aromatic nitrogens is 4. The van der Waals surface area contributed by atoms with E-state index in [9.17, 15) is 0 Å². The van der Waals surface area contributed by atoms with Crippen molar-refractivity contribution in [3.8, 4) is 0 Å². The highest BCUT2D eigenvalue weighted by Gasteiger charge is 2.38. The van der Waals surface area contributed by atoms with Gasteiger partial charge in [-0.05, 0) is 101 Å². The number of benzene rings is 6. The first-order valence-corrected chi connectivity index (χ1v) is 25.5. The molecule has 0 bridgehead atoms. The molecule has 3 aliphatic rings. The molecular formula is C62H56N10O3. The average Bonchev–Trinajstić information content (AvgIpc) is 4.27. The Labute approximate surface area is 434 Å². The van der Waals surface area contributed by atoms with Crippen LogP contribution in [0.1, 0.15) is 37.5 Å². The summed E-state index contributed by atoms with van der Waals surface area (Å²) in [5, 5.41) is 6.88. The van der Waals surface area contributed by atoms with Gasteiger partial charge in [-0.25, -0.2) is 19.9 Å². The van der Waals surface area contributed by atoms with Crippen LogP contribution >= 0.6 is 0 Å². The maximum atomic E-state index is 6.29. The molecule has 0 N–H and O–H groups in total.